The Balaban J connectivity index is 2.22. The minimum atomic E-state index is 0.271. The molecule has 2 N–H and O–H groups in total. The van der Waals surface area contributed by atoms with Gasteiger partial charge in [-0.1, -0.05) is 29.5 Å². The molecule has 1 aliphatic rings. The first-order valence-corrected chi connectivity index (χ1v) is 4.07. The Labute approximate surface area is 71.3 Å². The summed E-state index contributed by atoms with van der Waals surface area (Å²) < 4.78 is 0. The van der Waals surface area contributed by atoms with Gasteiger partial charge >= 0.3 is 0 Å². The zero-order chi connectivity index (χ0) is 8.39. The zero-order valence-electron chi connectivity index (χ0n) is 6.77. The second kappa shape index (κ2) is 2.93. The summed E-state index contributed by atoms with van der Waals surface area (Å²) in [7, 11) is 0. The molecule has 3 nitrogen and oxygen atoms in total. The number of hydrogen-bond acceptors (Lipinski definition) is 2. The van der Waals surface area contributed by atoms with Crippen molar-refractivity contribution in [2.75, 3.05) is 0 Å². The third kappa shape index (κ3) is 1.18. The van der Waals surface area contributed by atoms with Crippen molar-refractivity contribution < 1.29 is 0 Å². The molecule has 0 radical (unpaired) electrons. The first-order valence-electron chi connectivity index (χ1n) is 4.07. The van der Waals surface area contributed by atoms with Crippen LogP contribution in [0.5, 0.6) is 0 Å². The number of benzene rings is 1. The largest absolute Gasteiger partial charge is 0.305 e. The van der Waals surface area contributed by atoms with E-state index >= 15 is 0 Å². The minimum absolute atomic E-state index is 0.271. The fourth-order valence-electron chi connectivity index (χ4n) is 1.71. The molecule has 0 atom stereocenters. The maximum absolute atomic E-state index is 5.00. The van der Waals surface area contributed by atoms with Crippen LogP contribution in [0.4, 0.5) is 0 Å². The van der Waals surface area contributed by atoms with Crippen molar-refractivity contribution in [1.29, 1.82) is 0 Å². The fourth-order valence-corrected chi connectivity index (χ4v) is 1.71. The molecule has 62 valence electrons. The van der Waals surface area contributed by atoms with Crippen LogP contribution in [0.2, 0.25) is 0 Å². The third-order valence-corrected chi connectivity index (χ3v) is 2.26. The smallest absolute Gasteiger partial charge is 0.0810 e. The van der Waals surface area contributed by atoms with Crippen LogP contribution in [0.3, 0.4) is 0 Å². The van der Waals surface area contributed by atoms with Gasteiger partial charge in [0.2, 0.25) is 0 Å². The van der Waals surface area contributed by atoms with Gasteiger partial charge in [0.25, 0.3) is 0 Å². The summed E-state index contributed by atoms with van der Waals surface area (Å²) in [5.41, 5.74) is 2.77. The minimum Gasteiger partial charge on any atom is -0.305 e. The Morgan fingerprint density at radius 1 is 1.17 bits per heavy atom. The van der Waals surface area contributed by atoms with Crippen molar-refractivity contribution in [3.8, 4) is 0 Å². The average Bonchev–Trinajstić information content (AvgIpc) is 2.47. The molecule has 1 aliphatic carbocycles. The monoisotopic (exact) mass is 161 g/mol. The Bertz CT molecular complexity index is 281. The van der Waals surface area contributed by atoms with Gasteiger partial charge < -0.3 is 5.84 Å². The molecular formula is C9H11N3. The molecule has 0 fully saturated rings. The summed E-state index contributed by atoms with van der Waals surface area (Å²) in [4.78, 5) is 0. The molecule has 2 rings (SSSR count). The van der Waals surface area contributed by atoms with Crippen LogP contribution in [-0.4, -0.2) is 6.04 Å². The predicted molar refractivity (Wildman–Crippen MR) is 46.7 cm³/mol. The molecule has 0 saturated carbocycles. The first kappa shape index (κ1) is 7.28. The molecule has 1 aromatic carbocycles. The van der Waals surface area contributed by atoms with E-state index in [0.717, 1.165) is 12.8 Å². The van der Waals surface area contributed by atoms with Gasteiger partial charge in [-0.2, -0.15) is 5.11 Å². The molecule has 0 unspecified atom stereocenters. The molecule has 0 aliphatic heterocycles. The topological polar surface area (TPSA) is 50.7 Å². The van der Waals surface area contributed by atoms with Gasteiger partial charge in [0.1, 0.15) is 0 Å². The summed E-state index contributed by atoms with van der Waals surface area (Å²) in [6.07, 6.45) is 1.97. The van der Waals surface area contributed by atoms with Crippen molar-refractivity contribution in [2.24, 2.45) is 16.2 Å². The highest BCUT2D eigenvalue weighted by Crippen LogP contribution is 2.23. The lowest BCUT2D eigenvalue weighted by Gasteiger charge is -1.95. The number of fused-ring (bicyclic) bond motifs is 1. The second-order valence-corrected chi connectivity index (χ2v) is 3.06. The molecular weight excluding hydrogens is 150 g/mol. The van der Waals surface area contributed by atoms with E-state index in [-0.39, 0.29) is 6.04 Å². The van der Waals surface area contributed by atoms with Crippen molar-refractivity contribution in [2.45, 2.75) is 18.9 Å². The normalized spacial score (nSPS) is 17.0. The van der Waals surface area contributed by atoms with E-state index in [9.17, 15) is 0 Å². The van der Waals surface area contributed by atoms with Gasteiger partial charge in [-0.25, -0.2) is 0 Å². The fraction of sp³-hybridized carbons (Fsp3) is 0.333. The van der Waals surface area contributed by atoms with E-state index in [1.807, 2.05) is 0 Å². The summed E-state index contributed by atoms with van der Waals surface area (Å²) in [5.74, 6) is 5.00. The Hall–Kier alpha value is -1.38. The van der Waals surface area contributed by atoms with Gasteiger partial charge in [0.15, 0.2) is 0 Å². The van der Waals surface area contributed by atoms with E-state index in [4.69, 9.17) is 5.84 Å². The molecule has 12 heavy (non-hydrogen) atoms. The molecule has 0 spiro atoms. The van der Waals surface area contributed by atoms with Crippen LogP contribution in [0, 0.1) is 0 Å². The molecule has 0 heterocycles. The van der Waals surface area contributed by atoms with Crippen LogP contribution in [-0.2, 0) is 12.8 Å². The van der Waals surface area contributed by atoms with Gasteiger partial charge in [0, 0.05) is 0 Å². The highest BCUT2D eigenvalue weighted by molar-refractivity contribution is 5.33. The lowest BCUT2D eigenvalue weighted by Crippen LogP contribution is -2.02. The standard InChI is InChI=1S/C9H11N3/c10-12-11-9-5-7-3-1-2-4-8(7)6-9/h1-4,9H,5-6H2,(H2,10,11). The van der Waals surface area contributed by atoms with E-state index in [1.54, 1.807) is 0 Å². The van der Waals surface area contributed by atoms with Gasteiger partial charge in [-0.3, -0.25) is 0 Å². The molecule has 0 bridgehead atoms. The highest BCUT2D eigenvalue weighted by Gasteiger charge is 2.19. The maximum Gasteiger partial charge on any atom is 0.0810 e. The van der Waals surface area contributed by atoms with Crippen LogP contribution < -0.4 is 5.84 Å². The molecule has 3 heteroatoms. The first-order chi connectivity index (χ1) is 5.90. The van der Waals surface area contributed by atoms with Crippen LogP contribution in [0.1, 0.15) is 11.1 Å². The third-order valence-electron chi connectivity index (χ3n) is 2.26. The van der Waals surface area contributed by atoms with Crippen molar-refractivity contribution in [3.63, 3.8) is 0 Å². The van der Waals surface area contributed by atoms with E-state index < -0.39 is 0 Å². The van der Waals surface area contributed by atoms with Gasteiger partial charge in [-0.15, -0.1) is 0 Å². The van der Waals surface area contributed by atoms with Crippen molar-refractivity contribution in [1.82, 2.24) is 0 Å². The Morgan fingerprint density at radius 2 is 1.75 bits per heavy atom. The van der Waals surface area contributed by atoms with Gasteiger partial charge in [0.05, 0.1) is 6.04 Å². The average molecular weight is 161 g/mol. The van der Waals surface area contributed by atoms with E-state index in [0.29, 0.717) is 0 Å². The number of nitrogens with zero attached hydrogens (tertiary/aromatic N) is 2. The number of hydrogen-bond donors (Lipinski definition) is 1. The molecule has 0 saturated heterocycles. The van der Waals surface area contributed by atoms with E-state index in [1.165, 1.54) is 11.1 Å². The van der Waals surface area contributed by atoms with Crippen molar-refractivity contribution >= 4 is 0 Å². The number of nitrogens with two attached hydrogens (primary N) is 1. The summed E-state index contributed by atoms with van der Waals surface area (Å²) in [5, 5.41) is 7.27. The summed E-state index contributed by atoms with van der Waals surface area (Å²) in [6, 6.07) is 8.66. The Morgan fingerprint density at radius 3 is 2.25 bits per heavy atom. The number of rotatable bonds is 1. The SMILES string of the molecule is NN=NC1Cc2ccccc2C1. The quantitative estimate of drug-likeness (QED) is 0.378. The lowest BCUT2D eigenvalue weighted by atomic mass is 10.1. The summed E-state index contributed by atoms with van der Waals surface area (Å²) >= 11 is 0. The maximum atomic E-state index is 5.00. The summed E-state index contributed by atoms with van der Waals surface area (Å²) in [6.45, 7) is 0. The molecule has 1 aromatic rings. The Kier molecular flexibility index (Phi) is 1.78. The van der Waals surface area contributed by atoms with Crippen LogP contribution >= 0.6 is 0 Å². The predicted octanol–water partition coefficient (Wildman–Crippen LogP) is 1.48. The molecule has 0 aromatic heterocycles. The second-order valence-electron chi connectivity index (χ2n) is 3.06. The van der Waals surface area contributed by atoms with Gasteiger partial charge in [-0.05, 0) is 24.0 Å². The van der Waals surface area contributed by atoms with E-state index in [2.05, 4.69) is 34.6 Å². The molecule has 0 amide bonds. The van der Waals surface area contributed by atoms with Crippen LogP contribution in [0.15, 0.2) is 34.6 Å². The van der Waals surface area contributed by atoms with Crippen molar-refractivity contribution in [3.05, 3.63) is 35.4 Å². The van der Waals surface area contributed by atoms with Crippen LogP contribution in [0.25, 0.3) is 0 Å². The lowest BCUT2D eigenvalue weighted by molar-refractivity contribution is 0.667. The highest BCUT2D eigenvalue weighted by atomic mass is 15.3. The zero-order valence-corrected chi connectivity index (χ0v) is 6.77.